The standard InChI is InChI=1S/C20H27N3O3/c24-17-6-4-16(5-7-17)23-12-9-20(19(23)26)8-2-11-22(14-20)18(25)15-3-1-10-21-13-15/h1,3,10,13,16-17,24H,2,4-9,11-12,14H2. The van der Waals surface area contributed by atoms with Gasteiger partial charge >= 0.3 is 0 Å². The molecule has 6 nitrogen and oxygen atoms in total. The molecule has 1 aliphatic carbocycles. The van der Waals surface area contributed by atoms with Crippen LogP contribution in [0.2, 0.25) is 0 Å². The van der Waals surface area contributed by atoms with Crippen molar-refractivity contribution in [1.29, 1.82) is 0 Å². The maximum Gasteiger partial charge on any atom is 0.255 e. The van der Waals surface area contributed by atoms with Crippen LogP contribution >= 0.6 is 0 Å². The molecule has 2 saturated heterocycles. The fourth-order valence-corrected chi connectivity index (χ4v) is 4.92. The Labute approximate surface area is 154 Å². The number of aliphatic hydroxyl groups is 1. The van der Waals surface area contributed by atoms with Gasteiger partial charge in [-0.1, -0.05) is 0 Å². The van der Waals surface area contributed by atoms with Crippen molar-refractivity contribution in [3.63, 3.8) is 0 Å². The van der Waals surface area contributed by atoms with Gasteiger partial charge in [-0.2, -0.15) is 0 Å². The minimum Gasteiger partial charge on any atom is -0.393 e. The Kier molecular flexibility index (Phi) is 4.69. The lowest BCUT2D eigenvalue weighted by Crippen LogP contribution is -2.51. The smallest absolute Gasteiger partial charge is 0.255 e. The van der Waals surface area contributed by atoms with Crippen molar-refractivity contribution in [2.75, 3.05) is 19.6 Å². The number of likely N-dealkylation sites (tertiary alicyclic amines) is 2. The maximum absolute atomic E-state index is 13.3. The first kappa shape index (κ1) is 17.5. The number of pyridine rings is 1. The molecule has 0 bridgehead atoms. The van der Waals surface area contributed by atoms with E-state index in [0.29, 0.717) is 18.7 Å². The predicted molar refractivity (Wildman–Crippen MR) is 96.4 cm³/mol. The molecule has 0 radical (unpaired) electrons. The second-order valence-corrected chi connectivity index (χ2v) is 8.06. The van der Waals surface area contributed by atoms with Gasteiger partial charge < -0.3 is 14.9 Å². The summed E-state index contributed by atoms with van der Waals surface area (Å²) in [5.74, 6) is 0.201. The third-order valence-electron chi connectivity index (χ3n) is 6.43. The fourth-order valence-electron chi connectivity index (χ4n) is 4.92. The molecule has 1 aromatic heterocycles. The molecule has 140 valence electrons. The van der Waals surface area contributed by atoms with Crippen LogP contribution in [0.4, 0.5) is 0 Å². The van der Waals surface area contributed by atoms with Crippen molar-refractivity contribution in [1.82, 2.24) is 14.8 Å². The third kappa shape index (κ3) is 3.11. The zero-order valence-electron chi connectivity index (χ0n) is 15.1. The summed E-state index contributed by atoms with van der Waals surface area (Å²) in [6.07, 6.45) is 8.97. The van der Waals surface area contributed by atoms with Crippen LogP contribution in [0.15, 0.2) is 24.5 Å². The van der Waals surface area contributed by atoms with Gasteiger partial charge in [0.15, 0.2) is 0 Å². The molecule has 2 amide bonds. The Bertz CT molecular complexity index is 672. The molecule has 0 aromatic carbocycles. The number of rotatable bonds is 2. The van der Waals surface area contributed by atoms with Crippen molar-refractivity contribution in [2.45, 2.75) is 57.1 Å². The van der Waals surface area contributed by atoms with Gasteiger partial charge in [-0.05, 0) is 57.1 Å². The number of aromatic nitrogens is 1. The van der Waals surface area contributed by atoms with Crippen LogP contribution < -0.4 is 0 Å². The number of nitrogens with zero attached hydrogens (tertiary/aromatic N) is 3. The molecule has 1 saturated carbocycles. The normalized spacial score (nSPS) is 32.3. The van der Waals surface area contributed by atoms with E-state index >= 15 is 0 Å². The molecule has 2 aliphatic heterocycles. The molecule has 1 spiro atoms. The zero-order chi connectivity index (χ0) is 18.1. The van der Waals surface area contributed by atoms with E-state index < -0.39 is 5.41 Å². The van der Waals surface area contributed by atoms with Gasteiger partial charge in [-0.15, -0.1) is 0 Å². The van der Waals surface area contributed by atoms with Crippen LogP contribution in [0.25, 0.3) is 0 Å². The SMILES string of the molecule is O=C(c1cccnc1)N1CCCC2(CCN(C3CCC(O)CC3)C2=O)C1. The van der Waals surface area contributed by atoms with E-state index in [1.54, 1.807) is 24.5 Å². The average molecular weight is 357 g/mol. The van der Waals surface area contributed by atoms with Crippen LogP contribution in [0.1, 0.15) is 55.3 Å². The van der Waals surface area contributed by atoms with Gasteiger partial charge in [0, 0.05) is 38.1 Å². The van der Waals surface area contributed by atoms with E-state index in [9.17, 15) is 14.7 Å². The van der Waals surface area contributed by atoms with Crippen LogP contribution in [-0.4, -0.2) is 63.5 Å². The highest BCUT2D eigenvalue weighted by molar-refractivity contribution is 5.95. The van der Waals surface area contributed by atoms with Crippen molar-refractivity contribution in [2.24, 2.45) is 5.41 Å². The van der Waals surface area contributed by atoms with Gasteiger partial charge in [0.25, 0.3) is 5.91 Å². The van der Waals surface area contributed by atoms with Crippen molar-refractivity contribution >= 4 is 11.8 Å². The summed E-state index contributed by atoms with van der Waals surface area (Å²) in [5.41, 5.74) is 0.180. The summed E-state index contributed by atoms with van der Waals surface area (Å²) < 4.78 is 0. The quantitative estimate of drug-likeness (QED) is 0.876. The number of aliphatic hydroxyl groups excluding tert-OH is 1. The molecule has 1 aromatic rings. The zero-order valence-corrected chi connectivity index (χ0v) is 15.1. The number of carbonyl (C=O) groups excluding carboxylic acids is 2. The van der Waals surface area contributed by atoms with Crippen LogP contribution in [0, 0.1) is 5.41 Å². The fraction of sp³-hybridized carbons (Fsp3) is 0.650. The van der Waals surface area contributed by atoms with E-state index in [4.69, 9.17) is 0 Å². The summed E-state index contributed by atoms with van der Waals surface area (Å²) in [4.78, 5) is 34.0. The summed E-state index contributed by atoms with van der Waals surface area (Å²) in [6, 6.07) is 3.81. The summed E-state index contributed by atoms with van der Waals surface area (Å²) >= 11 is 0. The molecule has 1 N–H and O–H groups in total. The Morgan fingerprint density at radius 1 is 1.19 bits per heavy atom. The number of piperidine rings is 1. The second kappa shape index (κ2) is 6.99. The van der Waals surface area contributed by atoms with Crippen LogP contribution in [-0.2, 0) is 4.79 Å². The Morgan fingerprint density at radius 3 is 2.73 bits per heavy atom. The highest BCUT2D eigenvalue weighted by Gasteiger charge is 2.51. The second-order valence-electron chi connectivity index (χ2n) is 8.06. The molecule has 4 rings (SSSR count). The molecule has 1 unspecified atom stereocenters. The van der Waals surface area contributed by atoms with Crippen LogP contribution in [0.5, 0.6) is 0 Å². The maximum atomic E-state index is 13.3. The highest BCUT2D eigenvalue weighted by Crippen LogP contribution is 2.42. The van der Waals surface area contributed by atoms with E-state index in [1.807, 2.05) is 9.80 Å². The molecule has 1 atom stereocenters. The predicted octanol–water partition coefficient (Wildman–Crippen LogP) is 1.84. The first-order valence-electron chi connectivity index (χ1n) is 9.77. The van der Waals surface area contributed by atoms with Gasteiger partial charge in [0.1, 0.15) is 0 Å². The molecule has 3 aliphatic rings. The van der Waals surface area contributed by atoms with Crippen molar-refractivity contribution < 1.29 is 14.7 Å². The Balaban J connectivity index is 1.46. The minimum absolute atomic E-state index is 0.0239. The topological polar surface area (TPSA) is 73.7 Å². The Hall–Kier alpha value is -1.95. The van der Waals surface area contributed by atoms with Crippen LogP contribution in [0.3, 0.4) is 0 Å². The van der Waals surface area contributed by atoms with Crippen molar-refractivity contribution in [3.05, 3.63) is 30.1 Å². The summed E-state index contributed by atoms with van der Waals surface area (Å²) in [6.45, 7) is 2.01. The van der Waals surface area contributed by atoms with Gasteiger partial charge in [0.2, 0.25) is 5.91 Å². The molecule has 3 fully saturated rings. The van der Waals surface area contributed by atoms with E-state index in [-0.39, 0.29) is 24.0 Å². The minimum atomic E-state index is -0.411. The first-order valence-corrected chi connectivity index (χ1v) is 9.77. The van der Waals surface area contributed by atoms with Gasteiger partial charge in [0.05, 0.1) is 17.1 Å². The van der Waals surface area contributed by atoms with Gasteiger partial charge in [-0.25, -0.2) is 0 Å². The van der Waals surface area contributed by atoms with Gasteiger partial charge in [-0.3, -0.25) is 14.6 Å². The Morgan fingerprint density at radius 2 is 2.00 bits per heavy atom. The third-order valence-corrected chi connectivity index (χ3v) is 6.43. The lowest BCUT2D eigenvalue weighted by atomic mass is 9.78. The summed E-state index contributed by atoms with van der Waals surface area (Å²) in [7, 11) is 0. The monoisotopic (exact) mass is 357 g/mol. The highest BCUT2D eigenvalue weighted by atomic mass is 16.3. The lowest BCUT2D eigenvalue weighted by molar-refractivity contribution is -0.141. The van der Waals surface area contributed by atoms with Crippen molar-refractivity contribution in [3.8, 4) is 0 Å². The summed E-state index contributed by atoms with van der Waals surface area (Å²) in [5, 5.41) is 9.73. The van der Waals surface area contributed by atoms with E-state index in [1.165, 1.54) is 0 Å². The lowest BCUT2D eigenvalue weighted by Gasteiger charge is -2.40. The molecule has 6 heteroatoms. The van der Waals surface area contributed by atoms with E-state index in [0.717, 1.165) is 51.5 Å². The number of amides is 2. The molecular formula is C20H27N3O3. The molecule has 26 heavy (non-hydrogen) atoms. The van der Waals surface area contributed by atoms with E-state index in [2.05, 4.69) is 4.98 Å². The number of hydrogen-bond acceptors (Lipinski definition) is 4. The molecular weight excluding hydrogens is 330 g/mol. The average Bonchev–Trinajstić information content (AvgIpc) is 2.98. The number of carbonyl (C=O) groups is 2. The number of hydrogen-bond donors (Lipinski definition) is 1. The molecule has 3 heterocycles. The first-order chi connectivity index (χ1) is 12.6. The largest absolute Gasteiger partial charge is 0.393 e.